The molecule has 3 N–H and O–H groups in total. The lowest BCUT2D eigenvalue weighted by Gasteiger charge is -2.10. The molecule has 0 aliphatic heterocycles. The van der Waals surface area contributed by atoms with Crippen LogP contribution in [0.5, 0.6) is 11.5 Å². The van der Waals surface area contributed by atoms with Gasteiger partial charge in [0.2, 0.25) is 5.91 Å². The number of H-pyrrole nitrogens is 1. The quantitative estimate of drug-likeness (QED) is 0.446. The third-order valence-electron chi connectivity index (χ3n) is 3.91. The fraction of sp³-hybridized carbons (Fsp3) is 0.211. The molecule has 0 unspecified atom stereocenters. The van der Waals surface area contributed by atoms with Crippen molar-refractivity contribution < 1.29 is 14.6 Å². The Labute approximate surface area is 161 Å². The molecule has 1 aromatic heterocycles. The number of benzene rings is 2. The molecule has 0 aliphatic rings. The van der Waals surface area contributed by atoms with Crippen LogP contribution in [0.25, 0.3) is 11.4 Å². The van der Waals surface area contributed by atoms with Gasteiger partial charge in [0.25, 0.3) is 0 Å². The summed E-state index contributed by atoms with van der Waals surface area (Å²) in [6.07, 6.45) is 0. The number of nitrogens with zero attached hydrogens (tertiary/aromatic N) is 2. The summed E-state index contributed by atoms with van der Waals surface area (Å²) in [7, 11) is 0. The number of hydrogen-bond acceptors (Lipinski definition) is 5. The van der Waals surface area contributed by atoms with E-state index in [-0.39, 0.29) is 18.2 Å². The van der Waals surface area contributed by atoms with Gasteiger partial charge in [-0.3, -0.25) is 14.5 Å². The van der Waals surface area contributed by atoms with Crippen LogP contribution in [-0.2, 0) is 11.3 Å². The molecule has 0 bridgehead atoms. The molecule has 140 valence electrons. The largest absolute Gasteiger partial charge is 0.506 e. The predicted octanol–water partition coefficient (Wildman–Crippen LogP) is 3.66. The van der Waals surface area contributed by atoms with Gasteiger partial charge in [0.15, 0.2) is 10.6 Å². The van der Waals surface area contributed by atoms with E-state index in [2.05, 4.69) is 15.5 Å². The van der Waals surface area contributed by atoms with E-state index in [0.29, 0.717) is 22.9 Å². The molecule has 3 aromatic rings. The second-order valence-corrected chi connectivity index (χ2v) is 6.35. The number of phenolic OH excluding ortho intramolecular Hbond substituents is 1. The standard InChI is InChI=1S/C19H20N4O3S/c1-3-26-14-7-5-13(6-8-14)18-21-22-19(27)23(18)11-17(25)20-15-9-4-12(2)10-16(15)24/h4-10,24H,3,11H2,1-2H3,(H,20,25)(H,22,27). The van der Waals surface area contributed by atoms with Crippen molar-refractivity contribution in [2.24, 2.45) is 0 Å². The van der Waals surface area contributed by atoms with Crippen molar-refractivity contribution in [2.45, 2.75) is 20.4 Å². The molecule has 1 amide bonds. The van der Waals surface area contributed by atoms with E-state index in [9.17, 15) is 9.90 Å². The molecule has 8 heteroatoms. The molecule has 27 heavy (non-hydrogen) atoms. The summed E-state index contributed by atoms with van der Waals surface area (Å²) in [4.78, 5) is 12.4. The first-order valence-corrected chi connectivity index (χ1v) is 8.86. The number of hydrogen-bond donors (Lipinski definition) is 3. The number of aryl methyl sites for hydroxylation is 1. The Morgan fingerprint density at radius 3 is 2.70 bits per heavy atom. The third kappa shape index (κ3) is 4.35. The molecule has 3 rings (SSSR count). The highest BCUT2D eigenvalue weighted by atomic mass is 32.1. The SMILES string of the molecule is CCOc1ccc(-c2n[nH]c(=S)n2CC(=O)Nc2ccc(C)cc2O)cc1. The van der Waals surface area contributed by atoms with Crippen molar-refractivity contribution in [3.8, 4) is 22.9 Å². The van der Waals surface area contributed by atoms with Crippen molar-refractivity contribution in [1.29, 1.82) is 0 Å². The highest BCUT2D eigenvalue weighted by molar-refractivity contribution is 7.71. The number of rotatable bonds is 6. The van der Waals surface area contributed by atoms with Crippen molar-refractivity contribution in [3.05, 3.63) is 52.8 Å². The minimum Gasteiger partial charge on any atom is -0.506 e. The molecule has 2 aromatic carbocycles. The summed E-state index contributed by atoms with van der Waals surface area (Å²) in [5.74, 6) is 1.01. The number of ether oxygens (including phenoxy) is 1. The number of carbonyl (C=O) groups is 1. The van der Waals surface area contributed by atoms with Gasteiger partial charge in [-0.1, -0.05) is 6.07 Å². The summed E-state index contributed by atoms with van der Waals surface area (Å²) in [5.41, 5.74) is 2.06. The van der Waals surface area contributed by atoms with Gasteiger partial charge >= 0.3 is 0 Å². The zero-order valence-corrected chi connectivity index (χ0v) is 15.8. The molecule has 0 aliphatic carbocycles. The predicted molar refractivity (Wildman–Crippen MR) is 105 cm³/mol. The highest BCUT2D eigenvalue weighted by Gasteiger charge is 2.14. The van der Waals surface area contributed by atoms with Crippen LogP contribution in [-0.4, -0.2) is 32.4 Å². The Bertz CT molecular complexity index is 1010. The van der Waals surface area contributed by atoms with Crippen molar-refractivity contribution in [3.63, 3.8) is 0 Å². The minimum absolute atomic E-state index is 0.0193. The van der Waals surface area contributed by atoms with Gasteiger partial charge in [-0.15, -0.1) is 0 Å². The molecule has 1 heterocycles. The van der Waals surface area contributed by atoms with Crippen LogP contribution in [0.2, 0.25) is 0 Å². The first kappa shape index (κ1) is 18.7. The summed E-state index contributed by atoms with van der Waals surface area (Å²) >= 11 is 5.26. The lowest BCUT2D eigenvalue weighted by atomic mass is 10.2. The van der Waals surface area contributed by atoms with Crippen LogP contribution < -0.4 is 10.1 Å². The summed E-state index contributed by atoms with van der Waals surface area (Å²) in [6.45, 7) is 4.33. The van der Waals surface area contributed by atoms with E-state index >= 15 is 0 Å². The van der Waals surface area contributed by atoms with E-state index in [4.69, 9.17) is 17.0 Å². The van der Waals surface area contributed by atoms with Gasteiger partial charge < -0.3 is 15.2 Å². The fourth-order valence-corrected chi connectivity index (χ4v) is 2.83. The first-order valence-electron chi connectivity index (χ1n) is 8.46. The highest BCUT2D eigenvalue weighted by Crippen LogP contribution is 2.24. The smallest absolute Gasteiger partial charge is 0.244 e. The van der Waals surface area contributed by atoms with Crippen LogP contribution in [0.15, 0.2) is 42.5 Å². The minimum atomic E-state index is -0.321. The Balaban J connectivity index is 1.80. The van der Waals surface area contributed by atoms with Crippen LogP contribution >= 0.6 is 12.2 Å². The number of phenols is 1. The lowest BCUT2D eigenvalue weighted by Crippen LogP contribution is -2.19. The van der Waals surface area contributed by atoms with Crippen molar-refractivity contribution in [2.75, 3.05) is 11.9 Å². The van der Waals surface area contributed by atoms with E-state index in [0.717, 1.165) is 16.9 Å². The molecular formula is C19H20N4O3S. The molecular weight excluding hydrogens is 364 g/mol. The van der Waals surface area contributed by atoms with Gasteiger partial charge in [-0.05, 0) is 68.0 Å². The van der Waals surface area contributed by atoms with Gasteiger partial charge in [0.05, 0.1) is 12.3 Å². The Morgan fingerprint density at radius 1 is 1.30 bits per heavy atom. The number of amides is 1. The number of aromatic hydroxyl groups is 1. The maximum absolute atomic E-state index is 12.4. The second kappa shape index (κ2) is 8.05. The second-order valence-electron chi connectivity index (χ2n) is 5.96. The number of aromatic amines is 1. The van der Waals surface area contributed by atoms with Gasteiger partial charge in [0.1, 0.15) is 18.0 Å². The third-order valence-corrected chi connectivity index (χ3v) is 4.22. The van der Waals surface area contributed by atoms with E-state index in [1.54, 1.807) is 16.7 Å². The van der Waals surface area contributed by atoms with Gasteiger partial charge in [0, 0.05) is 5.56 Å². The van der Waals surface area contributed by atoms with Crippen LogP contribution in [0, 0.1) is 11.7 Å². The topological polar surface area (TPSA) is 92.2 Å². The Morgan fingerprint density at radius 2 is 2.04 bits per heavy atom. The van der Waals surface area contributed by atoms with E-state index in [1.165, 1.54) is 0 Å². The fourth-order valence-electron chi connectivity index (χ4n) is 2.63. The number of anilines is 1. The molecule has 0 saturated carbocycles. The average molecular weight is 384 g/mol. The summed E-state index contributed by atoms with van der Waals surface area (Å²) in [5, 5.41) is 19.6. The zero-order valence-electron chi connectivity index (χ0n) is 15.0. The maximum Gasteiger partial charge on any atom is 0.244 e. The Kier molecular flexibility index (Phi) is 5.56. The van der Waals surface area contributed by atoms with Crippen molar-refractivity contribution >= 4 is 23.8 Å². The van der Waals surface area contributed by atoms with Crippen LogP contribution in [0.3, 0.4) is 0 Å². The number of carbonyl (C=O) groups excluding carboxylic acids is 1. The van der Waals surface area contributed by atoms with E-state index < -0.39 is 0 Å². The number of aromatic nitrogens is 3. The van der Waals surface area contributed by atoms with Gasteiger partial charge in [-0.2, -0.15) is 5.10 Å². The van der Waals surface area contributed by atoms with E-state index in [1.807, 2.05) is 44.2 Å². The lowest BCUT2D eigenvalue weighted by molar-refractivity contribution is -0.116. The molecule has 7 nitrogen and oxygen atoms in total. The van der Waals surface area contributed by atoms with Crippen LogP contribution in [0.1, 0.15) is 12.5 Å². The Hall–Kier alpha value is -3.13. The first-order chi connectivity index (χ1) is 13.0. The molecule has 0 atom stereocenters. The molecule has 0 saturated heterocycles. The maximum atomic E-state index is 12.4. The zero-order chi connectivity index (χ0) is 19.4. The van der Waals surface area contributed by atoms with Crippen molar-refractivity contribution in [1.82, 2.24) is 14.8 Å². The number of nitrogens with one attached hydrogen (secondary N) is 2. The summed E-state index contributed by atoms with van der Waals surface area (Å²) < 4.78 is 7.38. The monoisotopic (exact) mass is 384 g/mol. The van der Waals surface area contributed by atoms with Crippen LogP contribution in [0.4, 0.5) is 5.69 Å². The normalized spacial score (nSPS) is 10.6. The summed E-state index contributed by atoms with van der Waals surface area (Å²) in [6, 6.07) is 12.4. The molecule has 0 fully saturated rings. The molecule has 0 spiro atoms. The van der Waals surface area contributed by atoms with Gasteiger partial charge in [-0.25, -0.2) is 0 Å². The average Bonchev–Trinajstić information content (AvgIpc) is 2.99. The molecule has 0 radical (unpaired) electrons.